The second-order valence-corrected chi connectivity index (χ2v) is 5.49. The number of pyridine rings is 1. The minimum Gasteiger partial charge on any atom is -0.415 e. The Bertz CT molecular complexity index is 998. The number of alkyl halides is 2. The van der Waals surface area contributed by atoms with Crippen molar-refractivity contribution in [3.63, 3.8) is 0 Å². The molecule has 4 rings (SSSR count). The second kappa shape index (κ2) is 6.79. The van der Waals surface area contributed by atoms with Crippen molar-refractivity contribution in [2.75, 3.05) is 0 Å². The Hall–Kier alpha value is -3.49. The van der Waals surface area contributed by atoms with Gasteiger partial charge in [-0.05, 0) is 29.8 Å². The average molecular weight is 354 g/mol. The quantitative estimate of drug-likeness (QED) is 0.546. The molecule has 0 radical (unpaired) electrons. The Morgan fingerprint density at radius 2 is 1.85 bits per heavy atom. The molecule has 7 nitrogen and oxygen atoms in total. The van der Waals surface area contributed by atoms with Crippen LogP contribution in [0.3, 0.4) is 0 Å². The molecule has 9 heteroatoms. The third-order valence-electron chi connectivity index (χ3n) is 3.67. The van der Waals surface area contributed by atoms with E-state index in [9.17, 15) is 8.78 Å². The summed E-state index contributed by atoms with van der Waals surface area (Å²) in [7, 11) is 0. The molecule has 0 aliphatic rings. The second-order valence-electron chi connectivity index (χ2n) is 5.49. The van der Waals surface area contributed by atoms with Gasteiger partial charge in [0, 0.05) is 23.5 Å². The van der Waals surface area contributed by atoms with Crippen molar-refractivity contribution in [2.45, 2.75) is 13.0 Å². The SMILES string of the molecule is FC(F)c1nnc(-c2ccc(Cn3cc(-c4cccnc4)nn3)cc2)o1. The molecule has 0 saturated heterocycles. The highest BCUT2D eigenvalue weighted by Crippen LogP contribution is 2.23. The minimum absolute atomic E-state index is 0.0615. The fourth-order valence-corrected chi connectivity index (χ4v) is 2.40. The third-order valence-corrected chi connectivity index (χ3v) is 3.67. The van der Waals surface area contributed by atoms with E-state index in [1.807, 2.05) is 30.5 Å². The standard InChI is InChI=1S/C17H12F2N6O/c18-15(19)17-23-22-16(26-17)12-5-3-11(4-6-12)9-25-10-14(21-24-25)13-2-1-7-20-8-13/h1-8,10,15H,9H2. The van der Waals surface area contributed by atoms with Gasteiger partial charge < -0.3 is 4.42 Å². The number of nitrogens with zero attached hydrogens (tertiary/aromatic N) is 6. The van der Waals surface area contributed by atoms with Gasteiger partial charge in [-0.25, -0.2) is 4.68 Å². The summed E-state index contributed by atoms with van der Waals surface area (Å²) in [6.07, 6.45) is 2.47. The maximum atomic E-state index is 12.5. The summed E-state index contributed by atoms with van der Waals surface area (Å²) in [5.41, 5.74) is 3.16. The Kier molecular flexibility index (Phi) is 4.18. The summed E-state index contributed by atoms with van der Waals surface area (Å²) < 4.78 is 31.7. The van der Waals surface area contributed by atoms with E-state index in [-0.39, 0.29) is 5.89 Å². The lowest BCUT2D eigenvalue weighted by atomic mass is 10.1. The van der Waals surface area contributed by atoms with Crippen LogP contribution in [0.25, 0.3) is 22.7 Å². The van der Waals surface area contributed by atoms with Crippen LogP contribution in [0.15, 0.2) is 59.4 Å². The van der Waals surface area contributed by atoms with Crippen LogP contribution in [0.1, 0.15) is 17.9 Å². The number of rotatable bonds is 5. The number of halogens is 2. The smallest absolute Gasteiger partial charge is 0.314 e. The van der Waals surface area contributed by atoms with Gasteiger partial charge in [-0.3, -0.25) is 4.98 Å². The van der Waals surface area contributed by atoms with Crippen molar-refractivity contribution in [1.82, 2.24) is 30.2 Å². The first-order valence-electron chi connectivity index (χ1n) is 7.70. The van der Waals surface area contributed by atoms with Crippen LogP contribution in [0.4, 0.5) is 8.78 Å². The van der Waals surface area contributed by atoms with E-state index in [4.69, 9.17) is 4.42 Å². The molecular formula is C17H12F2N6O. The van der Waals surface area contributed by atoms with Crippen LogP contribution >= 0.6 is 0 Å². The van der Waals surface area contributed by atoms with Gasteiger partial charge in [0.15, 0.2) is 0 Å². The van der Waals surface area contributed by atoms with Crippen LogP contribution in [0, 0.1) is 0 Å². The Morgan fingerprint density at radius 1 is 1.00 bits per heavy atom. The highest BCUT2D eigenvalue weighted by molar-refractivity contribution is 5.56. The van der Waals surface area contributed by atoms with Gasteiger partial charge in [0.1, 0.15) is 5.69 Å². The molecule has 0 atom stereocenters. The molecule has 3 heterocycles. The average Bonchev–Trinajstić information content (AvgIpc) is 3.33. The van der Waals surface area contributed by atoms with E-state index >= 15 is 0 Å². The molecule has 4 aromatic rings. The minimum atomic E-state index is -2.78. The van der Waals surface area contributed by atoms with Crippen molar-refractivity contribution in [3.8, 4) is 22.7 Å². The monoisotopic (exact) mass is 354 g/mol. The van der Waals surface area contributed by atoms with Gasteiger partial charge in [-0.15, -0.1) is 15.3 Å². The van der Waals surface area contributed by atoms with Crippen LogP contribution in [-0.4, -0.2) is 30.2 Å². The van der Waals surface area contributed by atoms with Gasteiger partial charge in [0.2, 0.25) is 5.89 Å². The Morgan fingerprint density at radius 3 is 2.54 bits per heavy atom. The van der Waals surface area contributed by atoms with E-state index in [0.717, 1.165) is 16.8 Å². The summed E-state index contributed by atoms with van der Waals surface area (Å²) in [6, 6.07) is 10.9. The predicted molar refractivity (Wildman–Crippen MR) is 87.0 cm³/mol. The van der Waals surface area contributed by atoms with E-state index < -0.39 is 12.3 Å². The number of aromatic nitrogens is 6. The maximum absolute atomic E-state index is 12.5. The third kappa shape index (κ3) is 3.32. The van der Waals surface area contributed by atoms with Crippen molar-refractivity contribution in [3.05, 3.63) is 66.4 Å². The van der Waals surface area contributed by atoms with E-state index in [2.05, 4.69) is 25.5 Å². The lowest BCUT2D eigenvalue weighted by Crippen LogP contribution is -2.00. The molecule has 0 aliphatic heterocycles. The van der Waals surface area contributed by atoms with Crippen molar-refractivity contribution in [1.29, 1.82) is 0 Å². The zero-order valence-electron chi connectivity index (χ0n) is 13.3. The summed E-state index contributed by atoms with van der Waals surface area (Å²) in [4.78, 5) is 4.06. The van der Waals surface area contributed by atoms with Gasteiger partial charge in [-0.1, -0.05) is 17.3 Å². The predicted octanol–water partition coefficient (Wildman–Crippen LogP) is 3.38. The molecule has 1 aromatic carbocycles. The van der Waals surface area contributed by atoms with Crippen LogP contribution in [0.2, 0.25) is 0 Å². The molecule has 0 amide bonds. The lowest BCUT2D eigenvalue weighted by molar-refractivity contribution is 0.116. The fourth-order valence-electron chi connectivity index (χ4n) is 2.40. The summed E-state index contributed by atoms with van der Waals surface area (Å²) in [5.74, 6) is -0.624. The number of hydrogen-bond donors (Lipinski definition) is 0. The molecule has 0 fully saturated rings. The first-order chi connectivity index (χ1) is 12.7. The van der Waals surface area contributed by atoms with Gasteiger partial charge in [-0.2, -0.15) is 8.78 Å². The molecule has 0 bridgehead atoms. The van der Waals surface area contributed by atoms with Crippen molar-refractivity contribution < 1.29 is 13.2 Å². The molecule has 0 N–H and O–H groups in total. The van der Waals surface area contributed by atoms with E-state index in [1.54, 1.807) is 29.2 Å². The van der Waals surface area contributed by atoms with Crippen LogP contribution in [0.5, 0.6) is 0 Å². The zero-order valence-corrected chi connectivity index (χ0v) is 13.3. The molecule has 0 aliphatic carbocycles. The molecule has 26 heavy (non-hydrogen) atoms. The zero-order chi connectivity index (χ0) is 17.9. The highest BCUT2D eigenvalue weighted by atomic mass is 19.3. The van der Waals surface area contributed by atoms with Gasteiger partial charge >= 0.3 is 6.43 Å². The van der Waals surface area contributed by atoms with Crippen molar-refractivity contribution >= 4 is 0 Å². The molecule has 0 saturated carbocycles. The topological polar surface area (TPSA) is 82.5 Å². The first kappa shape index (κ1) is 16.0. The van der Waals surface area contributed by atoms with E-state index in [1.165, 1.54) is 0 Å². The van der Waals surface area contributed by atoms with Crippen molar-refractivity contribution in [2.24, 2.45) is 0 Å². The normalized spacial score (nSPS) is 11.2. The molecule has 0 unspecified atom stereocenters. The van der Waals surface area contributed by atoms with E-state index in [0.29, 0.717) is 12.1 Å². The maximum Gasteiger partial charge on any atom is 0.314 e. The first-order valence-corrected chi connectivity index (χ1v) is 7.70. The Balaban J connectivity index is 1.48. The lowest BCUT2D eigenvalue weighted by Gasteiger charge is -2.02. The summed E-state index contributed by atoms with van der Waals surface area (Å²) in [5, 5.41) is 15.2. The number of benzene rings is 1. The molecule has 130 valence electrons. The molecule has 0 spiro atoms. The van der Waals surface area contributed by atoms with Gasteiger partial charge in [0.05, 0.1) is 12.7 Å². The molecular weight excluding hydrogens is 342 g/mol. The van der Waals surface area contributed by atoms with Gasteiger partial charge in [0.25, 0.3) is 5.89 Å². The number of hydrogen-bond acceptors (Lipinski definition) is 6. The van der Waals surface area contributed by atoms with Crippen LogP contribution in [-0.2, 0) is 6.54 Å². The summed E-state index contributed by atoms with van der Waals surface area (Å²) in [6.45, 7) is 0.514. The largest absolute Gasteiger partial charge is 0.415 e. The molecule has 3 aromatic heterocycles. The highest BCUT2D eigenvalue weighted by Gasteiger charge is 2.16. The Labute approximate surface area is 146 Å². The summed E-state index contributed by atoms with van der Waals surface area (Å²) >= 11 is 0. The van der Waals surface area contributed by atoms with Crippen LogP contribution < -0.4 is 0 Å². The fraction of sp³-hybridized carbons (Fsp3) is 0.118.